The summed E-state index contributed by atoms with van der Waals surface area (Å²) in [6, 6.07) is 10.4. The van der Waals surface area contributed by atoms with Crippen molar-refractivity contribution < 1.29 is 0 Å². The smallest absolute Gasteiger partial charge is 0.123 e. The van der Waals surface area contributed by atoms with Crippen molar-refractivity contribution >= 4 is 11.3 Å². The van der Waals surface area contributed by atoms with E-state index in [0.29, 0.717) is 0 Å². The molecule has 0 aliphatic carbocycles. The highest BCUT2D eigenvalue weighted by atomic mass is 32.1. The van der Waals surface area contributed by atoms with Crippen molar-refractivity contribution in [3.63, 3.8) is 0 Å². The van der Waals surface area contributed by atoms with Gasteiger partial charge in [0.25, 0.3) is 0 Å². The zero-order valence-electron chi connectivity index (χ0n) is 8.36. The maximum absolute atomic E-state index is 4.68. The molecule has 2 heterocycles. The predicted octanol–water partition coefficient (Wildman–Crippen LogP) is 2.46. The summed E-state index contributed by atoms with van der Waals surface area (Å²) in [6.07, 6.45) is 1.12. The summed E-state index contributed by atoms with van der Waals surface area (Å²) in [5.41, 5.74) is 2.47. The summed E-state index contributed by atoms with van der Waals surface area (Å²) in [7, 11) is 0. The summed E-state index contributed by atoms with van der Waals surface area (Å²) in [4.78, 5) is 6.13. The molecular weight excluding hydrogens is 204 g/mol. The lowest BCUT2D eigenvalue weighted by Gasteiger charge is -2.09. The molecule has 0 fully saturated rings. The Labute approximate surface area is 93.0 Å². The molecule has 1 N–H and O–H groups in total. The standard InChI is InChI=1S/C12H12N2S/c1-2-4-9(5-3-1)12-14-10-8-13-7-6-11(10)15-12/h1-5,13H,6-8H2. The zero-order valence-corrected chi connectivity index (χ0v) is 9.18. The van der Waals surface area contributed by atoms with Crippen molar-refractivity contribution in [2.24, 2.45) is 0 Å². The van der Waals surface area contributed by atoms with Crippen molar-refractivity contribution in [3.05, 3.63) is 40.9 Å². The normalized spacial score (nSPS) is 14.9. The number of thiazole rings is 1. The van der Waals surface area contributed by atoms with Gasteiger partial charge in [0.2, 0.25) is 0 Å². The molecule has 0 saturated carbocycles. The van der Waals surface area contributed by atoms with Gasteiger partial charge in [0.05, 0.1) is 5.69 Å². The number of nitrogens with zero attached hydrogens (tertiary/aromatic N) is 1. The van der Waals surface area contributed by atoms with E-state index in [1.54, 1.807) is 0 Å². The van der Waals surface area contributed by atoms with Crippen molar-refractivity contribution in [1.29, 1.82) is 0 Å². The highest BCUT2D eigenvalue weighted by Gasteiger charge is 2.14. The van der Waals surface area contributed by atoms with E-state index in [0.717, 1.165) is 24.5 Å². The maximum atomic E-state index is 4.68. The van der Waals surface area contributed by atoms with E-state index in [4.69, 9.17) is 0 Å². The topological polar surface area (TPSA) is 24.9 Å². The number of hydrogen-bond acceptors (Lipinski definition) is 3. The molecule has 0 bridgehead atoms. The summed E-state index contributed by atoms with van der Waals surface area (Å²) in [5, 5.41) is 4.51. The van der Waals surface area contributed by atoms with Crippen LogP contribution in [0.5, 0.6) is 0 Å². The minimum absolute atomic E-state index is 0.929. The monoisotopic (exact) mass is 216 g/mol. The van der Waals surface area contributed by atoms with Gasteiger partial charge >= 0.3 is 0 Å². The first kappa shape index (κ1) is 9.07. The third kappa shape index (κ3) is 1.68. The Morgan fingerprint density at radius 3 is 2.87 bits per heavy atom. The number of nitrogens with one attached hydrogen (secondary N) is 1. The Hall–Kier alpha value is -1.19. The molecular formula is C12H12N2S. The molecule has 3 heteroatoms. The van der Waals surface area contributed by atoms with Crippen molar-refractivity contribution in [2.75, 3.05) is 6.54 Å². The molecule has 0 amide bonds. The van der Waals surface area contributed by atoms with Gasteiger partial charge in [-0.15, -0.1) is 11.3 Å². The number of fused-ring (bicyclic) bond motifs is 1. The highest BCUT2D eigenvalue weighted by molar-refractivity contribution is 7.15. The van der Waals surface area contributed by atoms with Crippen LogP contribution in [-0.2, 0) is 13.0 Å². The van der Waals surface area contributed by atoms with E-state index in [1.165, 1.54) is 16.1 Å². The zero-order chi connectivity index (χ0) is 10.1. The van der Waals surface area contributed by atoms with Gasteiger partial charge in [0, 0.05) is 23.5 Å². The fourth-order valence-corrected chi connectivity index (χ4v) is 2.91. The molecule has 0 saturated heterocycles. The van der Waals surface area contributed by atoms with Gasteiger partial charge in [-0.25, -0.2) is 4.98 Å². The third-order valence-electron chi connectivity index (χ3n) is 2.62. The minimum atomic E-state index is 0.929. The van der Waals surface area contributed by atoms with Crippen LogP contribution in [0.2, 0.25) is 0 Å². The minimum Gasteiger partial charge on any atom is -0.311 e. The largest absolute Gasteiger partial charge is 0.311 e. The molecule has 1 aliphatic heterocycles. The fourth-order valence-electron chi connectivity index (χ4n) is 1.83. The summed E-state index contributed by atoms with van der Waals surface area (Å²) >= 11 is 1.84. The maximum Gasteiger partial charge on any atom is 0.123 e. The average molecular weight is 216 g/mol. The molecule has 0 radical (unpaired) electrons. The first-order chi connectivity index (χ1) is 7.43. The first-order valence-electron chi connectivity index (χ1n) is 5.18. The van der Waals surface area contributed by atoms with Gasteiger partial charge in [-0.3, -0.25) is 0 Å². The number of rotatable bonds is 1. The molecule has 1 aromatic heterocycles. The van der Waals surface area contributed by atoms with Crippen molar-refractivity contribution in [1.82, 2.24) is 10.3 Å². The molecule has 0 atom stereocenters. The molecule has 0 unspecified atom stereocenters. The number of benzene rings is 1. The Bertz CT molecular complexity index is 438. The summed E-state index contributed by atoms with van der Waals surface area (Å²) in [5.74, 6) is 0. The Balaban J connectivity index is 2.03. The van der Waals surface area contributed by atoms with Crippen LogP contribution in [0.15, 0.2) is 30.3 Å². The number of aromatic nitrogens is 1. The molecule has 2 aromatic rings. The highest BCUT2D eigenvalue weighted by Crippen LogP contribution is 2.29. The van der Waals surface area contributed by atoms with Crippen LogP contribution in [0.1, 0.15) is 10.6 Å². The second-order valence-corrected chi connectivity index (χ2v) is 4.77. The van der Waals surface area contributed by atoms with Gasteiger partial charge in [-0.05, 0) is 6.42 Å². The van der Waals surface area contributed by atoms with E-state index >= 15 is 0 Å². The molecule has 76 valence electrons. The lowest BCUT2D eigenvalue weighted by Crippen LogP contribution is -2.22. The quantitative estimate of drug-likeness (QED) is 0.792. The molecule has 1 aromatic carbocycles. The molecule has 1 aliphatic rings. The fraction of sp³-hybridized carbons (Fsp3) is 0.250. The Morgan fingerprint density at radius 1 is 1.20 bits per heavy atom. The van der Waals surface area contributed by atoms with Crippen molar-refractivity contribution in [2.45, 2.75) is 13.0 Å². The van der Waals surface area contributed by atoms with Crippen LogP contribution in [0.3, 0.4) is 0 Å². The molecule has 3 rings (SSSR count). The summed E-state index contributed by atoms with van der Waals surface area (Å²) in [6.45, 7) is 2.02. The van der Waals surface area contributed by atoms with Gasteiger partial charge in [-0.1, -0.05) is 30.3 Å². The average Bonchev–Trinajstić information content (AvgIpc) is 2.74. The molecule has 15 heavy (non-hydrogen) atoms. The van der Waals surface area contributed by atoms with Crippen LogP contribution < -0.4 is 5.32 Å². The Morgan fingerprint density at radius 2 is 2.07 bits per heavy atom. The molecule has 0 spiro atoms. The number of hydrogen-bond donors (Lipinski definition) is 1. The predicted molar refractivity (Wildman–Crippen MR) is 63.0 cm³/mol. The van der Waals surface area contributed by atoms with Gasteiger partial charge in [0.15, 0.2) is 0 Å². The van der Waals surface area contributed by atoms with E-state index in [2.05, 4.69) is 34.6 Å². The van der Waals surface area contributed by atoms with Crippen LogP contribution in [0.25, 0.3) is 10.6 Å². The second-order valence-electron chi connectivity index (χ2n) is 3.68. The lowest BCUT2D eigenvalue weighted by molar-refractivity contribution is 0.639. The Kier molecular flexibility index (Phi) is 2.27. The van der Waals surface area contributed by atoms with E-state index in [1.807, 2.05) is 17.4 Å². The second kappa shape index (κ2) is 3.76. The van der Waals surface area contributed by atoms with Crippen LogP contribution in [0.4, 0.5) is 0 Å². The lowest BCUT2D eigenvalue weighted by atomic mass is 10.2. The SMILES string of the molecule is c1ccc(-c2nc3c(s2)CCNC3)cc1. The van der Waals surface area contributed by atoms with Crippen molar-refractivity contribution in [3.8, 4) is 10.6 Å². The van der Waals surface area contributed by atoms with E-state index in [-0.39, 0.29) is 0 Å². The van der Waals surface area contributed by atoms with Gasteiger partial charge in [-0.2, -0.15) is 0 Å². The van der Waals surface area contributed by atoms with Crippen LogP contribution >= 0.6 is 11.3 Å². The third-order valence-corrected chi connectivity index (χ3v) is 3.83. The molecule has 2 nitrogen and oxygen atoms in total. The summed E-state index contributed by atoms with van der Waals surface area (Å²) < 4.78 is 0. The van der Waals surface area contributed by atoms with Crippen LogP contribution in [0, 0.1) is 0 Å². The first-order valence-corrected chi connectivity index (χ1v) is 6.00. The van der Waals surface area contributed by atoms with E-state index < -0.39 is 0 Å². The van der Waals surface area contributed by atoms with Crippen LogP contribution in [-0.4, -0.2) is 11.5 Å². The van der Waals surface area contributed by atoms with E-state index in [9.17, 15) is 0 Å². The van der Waals surface area contributed by atoms with Gasteiger partial charge in [0.1, 0.15) is 5.01 Å². The van der Waals surface area contributed by atoms with Gasteiger partial charge < -0.3 is 5.32 Å².